The maximum absolute atomic E-state index is 11.4. The molecule has 0 amide bonds. The van der Waals surface area contributed by atoms with Crippen LogP contribution in [0.2, 0.25) is 5.02 Å². The minimum Gasteiger partial charge on any atom is -0.465 e. The first-order valence-electron chi connectivity index (χ1n) is 4.60. The molecule has 0 bridgehead atoms. The summed E-state index contributed by atoms with van der Waals surface area (Å²) in [4.78, 5) is 11.9. The van der Waals surface area contributed by atoms with Crippen LogP contribution in [-0.2, 0) is 11.8 Å². The maximum Gasteiger partial charge on any atom is 0.348 e. The van der Waals surface area contributed by atoms with Crippen molar-refractivity contribution in [3.05, 3.63) is 25.9 Å². The van der Waals surface area contributed by atoms with E-state index in [4.69, 9.17) is 11.6 Å². The molecular weight excluding hydrogens is 328 g/mol. The highest BCUT2D eigenvalue weighted by Gasteiger charge is 2.18. The number of ether oxygens (including phenoxy) is 1. The summed E-state index contributed by atoms with van der Waals surface area (Å²) in [6.07, 6.45) is 1.71. The third-order valence-electron chi connectivity index (χ3n) is 2.11. The fraction of sp³-hybridized carbons (Fsp3) is 0.200. The number of aryl methyl sites for hydroxylation is 1. The SMILES string of the molecule is COC(=O)c1cc(-c2nn(C)cc2Cl)c(Br)s1. The minimum atomic E-state index is -0.367. The van der Waals surface area contributed by atoms with Gasteiger partial charge in [-0.3, -0.25) is 4.68 Å². The summed E-state index contributed by atoms with van der Waals surface area (Å²) in [7, 11) is 3.14. The zero-order valence-electron chi connectivity index (χ0n) is 9.03. The summed E-state index contributed by atoms with van der Waals surface area (Å²) < 4.78 is 7.10. The van der Waals surface area contributed by atoms with Crippen molar-refractivity contribution in [2.75, 3.05) is 7.11 Å². The highest BCUT2D eigenvalue weighted by atomic mass is 79.9. The van der Waals surface area contributed by atoms with Gasteiger partial charge in [0.1, 0.15) is 10.6 Å². The van der Waals surface area contributed by atoms with Crippen LogP contribution in [0.25, 0.3) is 11.3 Å². The monoisotopic (exact) mass is 334 g/mol. The second-order valence-electron chi connectivity index (χ2n) is 3.29. The molecule has 0 radical (unpaired) electrons. The van der Waals surface area contributed by atoms with Gasteiger partial charge in [-0.2, -0.15) is 5.10 Å². The van der Waals surface area contributed by atoms with E-state index >= 15 is 0 Å². The summed E-state index contributed by atoms with van der Waals surface area (Å²) >= 11 is 10.8. The zero-order chi connectivity index (χ0) is 12.6. The van der Waals surface area contributed by atoms with Crippen LogP contribution < -0.4 is 0 Å². The molecule has 90 valence electrons. The zero-order valence-corrected chi connectivity index (χ0v) is 12.2. The van der Waals surface area contributed by atoms with E-state index in [0.29, 0.717) is 15.6 Å². The number of hydrogen-bond acceptors (Lipinski definition) is 4. The van der Waals surface area contributed by atoms with Gasteiger partial charge >= 0.3 is 5.97 Å². The number of hydrogen-bond donors (Lipinski definition) is 0. The maximum atomic E-state index is 11.4. The van der Waals surface area contributed by atoms with Crippen molar-refractivity contribution in [2.45, 2.75) is 0 Å². The smallest absolute Gasteiger partial charge is 0.348 e. The van der Waals surface area contributed by atoms with E-state index in [2.05, 4.69) is 25.8 Å². The normalized spacial score (nSPS) is 10.6. The molecule has 2 heterocycles. The first-order valence-corrected chi connectivity index (χ1v) is 6.59. The van der Waals surface area contributed by atoms with Crippen LogP contribution >= 0.6 is 38.9 Å². The van der Waals surface area contributed by atoms with Crippen molar-refractivity contribution in [3.8, 4) is 11.3 Å². The number of carbonyl (C=O) groups is 1. The van der Waals surface area contributed by atoms with Gasteiger partial charge in [-0.05, 0) is 22.0 Å². The van der Waals surface area contributed by atoms with Gasteiger partial charge in [-0.25, -0.2) is 4.79 Å². The van der Waals surface area contributed by atoms with Gasteiger partial charge in [-0.1, -0.05) is 11.6 Å². The second kappa shape index (κ2) is 4.80. The lowest BCUT2D eigenvalue weighted by molar-refractivity contribution is 0.0606. The number of aromatic nitrogens is 2. The van der Waals surface area contributed by atoms with Crippen LogP contribution in [0.15, 0.2) is 16.0 Å². The number of halogens is 2. The Bertz CT molecular complexity index is 579. The molecule has 0 atom stereocenters. The molecule has 17 heavy (non-hydrogen) atoms. The van der Waals surface area contributed by atoms with Crippen LogP contribution in [0.5, 0.6) is 0 Å². The Balaban J connectivity index is 2.49. The van der Waals surface area contributed by atoms with Gasteiger partial charge in [-0.15, -0.1) is 11.3 Å². The summed E-state index contributed by atoms with van der Waals surface area (Å²) in [5.74, 6) is -0.367. The molecule has 0 saturated heterocycles. The fourth-order valence-corrected chi connectivity index (χ4v) is 3.28. The number of carbonyl (C=O) groups excluding carboxylic acids is 1. The van der Waals surface area contributed by atoms with Crippen molar-refractivity contribution in [1.29, 1.82) is 0 Å². The molecule has 0 aromatic carbocycles. The molecular formula is C10H8BrClN2O2S. The lowest BCUT2D eigenvalue weighted by Gasteiger charge is -1.93. The number of nitrogens with zero attached hydrogens (tertiary/aromatic N) is 2. The number of thiophene rings is 1. The molecule has 0 saturated carbocycles. The Morgan fingerprint density at radius 2 is 2.35 bits per heavy atom. The number of methoxy groups -OCH3 is 1. The Morgan fingerprint density at radius 1 is 1.65 bits per heavy atom. The number of rotatable bonds is 2. The molecule has 0 fully saturated rings. The van der Waals surface area contributed by atoms with E-state index in [0.717, 1.165) is 9.35 Å². The Kier molecular flexibility index (Phi) is 3.56. The van der Waals surface area contributed by atoms with E-state index in [1.54, 1.807) is 24.0 Å². The van der Waals surface area contributed by atoms with Crippen LogP contribution in [0.4, 0.5) is 0 Å². The van der Waals surface area contributed by atoms with Crippen LogP contribution in [0.1, 0.15) is 9.67 Å². The number of esters is 1. The predicted molar refractivity (Wildman–Crippen MR) is 70.6 cm³/mol. The highest BCUT2D eigenvalue weighted by molar-refractivity contribution is 9.11. The minimum absolute atomic E-state index is 0.367. The molecule has 2 aromatic heterocycles. The van der Waals surface area contributed by atoms with Crippen molar-refractivity contribution < 1.29 is 9.53 Å². The average Bonchev–Trinajstić information content (AvgIpc) is 2.80. The lowest BCUT2D eigenvalue weighted by atomic mass is 10.2. The van der Waals surface area contributed by atoms with Crippen molar-refractivity contribution in [1.82, 2.24) is 9.78 Å². The Morgan fingerprint density at radius 3 is 2.88 bits per heavy atom. The first kappa shape index (κ1) is 12.6. The third-order valence-corrected chi connectivity index (χ3v) is 4.21. The molecule has 0 aliphatic carbocycles. The van der Waals surface area contributed by atoms with Crippen molar-refractivity contribution in [3.63, 3.8) is 0 Å². The van der Waals surface area contributed by atoms with Gasteiger partial charge < -0.3 is 4.74 Å². The quantitative estimate of drug-likeness (QED) is 0.791. The fourth-order valence-electron chi connectivity index (χ4n) is 1.37. The van der Waals surface area contributed by atoms with E-state index in [9.17, 15) is 4.79 Å². The molecule has 4 nitrogen and oxygen atoms in total. The Labute approximate surface area is 115 Å². The summed E-state index contributed by atoms with van der Waals surface area (Å²) in [5.41, 5.74) is 1.44. The molecule has 0 aliphatic rings. The van der Waals surface area contributed by atoms with Gasteiger partial charge in [0.05, 0.1) is 15.9 Å². The average molecular weight is 336 g/mol. The van der Waals surface area contributed by atoms with Gasteiger partial charge in [0.25, 0.3) is 0 Å². The Hall–Kier alpha value is -0.850. The molecule has 0 unspecified atom stereocenters. The largest absolute Gasteiger partial charge is 0.465 e. The standard InChI is InChI=1S/C10H8BrClN2O2S/c1-14-4-6(12)8(13-14)5-3-7(10(15)16-2)17-9(5)11/h3-4H,1-2H3. The van der Waals surface area contributed by atoms with E-state index < -0.39 is 0 Å². The molecule has 0 aliphatic heterocycles. The summed E-state index contributed by atoms with van der Waals surface area (Å²) in [5, 5.41) is 4.79. The van der Waals surface area contributed by atoms with Crippen LogP contribution in [0, 0.1) is 0 Å². The van der Waals surface area contributed by atoms with Crippen molar-refractivity contribution in [2.24, 2.45) is 7.05 Å². The predicted octanol–water partition coefficient (Wildman–Crippen LogP) is 3.35. The van der Waals surface area contributed by atoms with E-state index in [1.165, 1.54) is 18.4 Å². The molecule has 0 N–H and O–H groups in total. The molecule has 0 spiro atoms. The summed E-state index contributed by atoms with van der Waals surface area (Å²) in [6.45, 7) is 0. The van der Waals surface area contributed by atoms with Crippen LogP contribution in [-0.4, -0.2) is 22.9 Å². The third kappa shape index (κ3) is 2.38. The lowest BCUT2D eigenvalue weighted by Crippen LogP contribution is -1.96. The first-order chi connectivity index (χ1) is 8.02. The highest BCUT2D eigenvalue weighted by Crippen LogP contribution is 2.38. The second-order valence-corrected chi connectivity index (χ2v) is 6.07. The molecule has 2 aromatic rings. The van der Waals surface area contributed by atoms with Gasteiger partial charge in [0, 0.05) is 18.8 Å². The van der Waals surface area contributed by atoms with E-state index in [1.807, 2.05) is 0 Å². The van der Waals surface area contributed by atoms with Crippen molar-refractivity contribution >= 4 is 44.8 Å². The van der Waals surface area contributed by atoms with Gasteiger partial charge in [0.15, 0.2) is 0 Å². The van der Waals surface area contributed by atoms with Crippen LogP contribution in [0.3, 0.4) is 0 Å². The van der Waals surface area contributed by atoms with E-state index in [-0.39, 0.29) is 5.97 Å². The topological polar surface area (TPSA) is 44.1 Å². The summed E-state index contributed by atoms with van der Waals surface area (Å²) in [6, 6.07) is 1.72. The molecule has 7 heteroatoms. The molecule has 2 rings (SSSR count). The van der Waals surface area contributed by atoms with Gasteiger partial charge in [0.2, 0.25) is 0 Å².